The number of hydrogen-bond acceptors (Lipinski definition) is 16. The van der Waals surface area contributed by atoms with Crippen LogP contribution >= 0.6 is 0 Å². The van der Waals surface area contributed by atoms with Crippen molar-refractivity contribution in [2.24, 2.45) is 39.4 Å². The molecule has 2 aliphatic heterocycles. The van der Waals surface area contributed by atoms with Gasteiger partial charge in [-0.15, -0.1) is 0 Å². The van der Waals surface area contributed by atoms with Crippen LogP contribution in [0.25, 0.3) is 0 Å². The summed E-state index contributed by atoms with van der Waals surface area (Å²) in [5.74, 6) is -8.32. The molecule has 0 aromatic rings. The van der Waals surface area contributed by atoms with E-state index in [0.717, 1.165) is 21.0 Å². The summed E-state index contributed by atoms with van der Waals surface area (Å²) >= 11 is 0. The van der Waals surface area contributed by atoms with Gasteiger partial charge in [0.15, 0.2) is 12.2 Å². The van der Waals surface area contributed by atoms with Crippen LogP contribution in [0, 0.1) is 39.4 Å². The van der Waals surface area contributed by atoms with Gasteiger partial charge in [-0.25, -0.2) is 9.59 Å². The lowest BCUT2D eigenvalue weighted by atomic mass is 9.31. The Morgan fingerprint density at radius 2 is 1.45 bits per heavy atom. The highest BCUT2D eigenvalue weighted by Gasteiger charge is 2.91. The van der Waals surface area contributed by atoms with Crippen LogP contribution in [0.4, 0.5) is 0 Å². The van der Waals surface area contributed by atoms with Crippen molar-refractivity contribution in [1.29, 1.82) is 0 Å². The number of fused-ring (bicyclic) bond motifs is 9. The summed E-state index contributed by atoms with van der Waals surface area (Å²) in [6.45, 7) is 16.4. The number of carbonyl (C=O) groups excluding carboxylic acids is 7. The van der Waals surface area contributed by atoms with Crippen molar-refractivity contribution < 1.29 is 76.6 Å². The van der Waals surface area contributed by atoms with Crippen LogP contribution in [0.1, 0.15) is 81.6 Å². The smallest absolute Gasteiger partial charge is 0.342 e. The zero-order valence-electron chi connectivity index (χ0n) is 33.5. The second kappa shape index (κ2) is 13.4. The van der Waals surface area contributed by atoms with E-state index in [4.69, 9.17) is 37.9 Å². The summed E-state index contributed by atoms with van der Waals surface area (Å²) in [4.78, 5) is 92.7. The van der Waals surface area contributed by atoms with Gasteiger partial charge in [0.25, 0.3) is 0 Å². The SMILES string of the molecule is C=C1C[C@@]2(O)[C@@H]3CC[C@@]4(C)[C@@H]5C=CC(=O)OCC5([C@@H](C)OC(C)=O)[C@@H](OC(C)=O)[C@@H](OC(C)=O)[C@@H]4[C@@]3(C)[C@H](OC(C)=O)[C@H](OC(C)=O)[C@@]2(C)[C@]2(C(=O)OC)O[C@H]12. The van der Waals surface area contributed by atoms with Gasteiger partial charge in [0, 0.05) is 58.4 Å². The van der Waals surface area contributed by atoms with Gasteiger partial charge in [-0.05, 0) is 49.5 Å². The van der Waals surface area contributed by atoms with E-state index in [1.807, 2.05) is 6.92 Å². The number of allylic oxidation sites excluding steroid dienone is 1. The molecule has 15 atom stereocenters. The fourth-order valence-electron chi connectivity index (χ4n) is 12.6. The first-order chi connectivity index (χ1) is 25.9. The van der Waals surface area contributed by atoms with E-state index in [9.17, 15) is 38.7 Å². The molecule has 6 rings (SSSR count). The Hall–Kier alpha value is -4.31. The van der Waals surface area contributed by atoms with Gasteiger partial charge >= 0.3 is 41.8 Å². The molecular weight excluding hydrogens is 736 g/mol. The van der Waals surface area contributed by atoms with Gasteiger partial charge < -0.3 is 43.0 Å². The minimum absolute atomic E-state index is 0.133. The lowest BCUT2D eigenvalue weighted by Crippen LogP contribution is -2.84. The van der Waals surface area contributed by atoms with Crippen molar-refractivity contribution in [1.82, 2.24) is 0 Å². The Balaban J connectivity index is 1.72. The fraction of sp³-hybridized carbons (Fsp3) is 0.725. The summed E-state index contributed by atoms with van der Waals surface area (Å²) < 4.78 is 47.9. The topological polar surface area (TPSA) is 217 Å². The second-order valence-corrected chi connectivity index (χ2v) is 17.1. The zero-order chi connectivity index (χ0) is 41.7. The number of epoxide rings is 1. The highest BCUT2D eigenvalue weighted by atomic mass is 16.7. The predicted molar refractivity (Wildman–Crippen MR) is 188 cm³/mol. The third-order valence-electron chi connectivity index (χ3n) is 14.4. The zero-order valence-corrected chi connectivity index (χ0v) is 33.5. The normalized spacial score (nSPS) is 44.9. The molecule has 4 saturated carbocycles. The minimum Gasteiger partial charge on any atom is -0.467 e. The van der Waals surface area contributed by atoms with Crippen LogP contribution < -0.4 is 0 Å². The Labute approximate surface area is 324 Å². The molecule has 1 unspecified atom stereocenters. The van der Waals surface area contributed by atoms with Crippen molar-refractivity contribution in [3.8, 4) is 0 Å². The van der Waals surface area contributed by atoms with Gasteiger partial charge in [0.05, 0.1) is 23.5 Å². The maximum absolute atomic E-state index is 13.9. The average Bonchev–Trinajstić information content (AvgIpc) is 3.87. The van der Waals surface area contributed by atoms with Crippen LogP contribution in [0.3, 0.4) is 0 Å². The first-order valence-corrected chi connectivity index (χ1v) is 18.8. The van der Waals surface area contributed by atoms with Crippen molar-refractivity contribution >= 4 is 41.8 Å². The number of cyclic esters (lactones) is 1. The van der Waals surface area contributed by atoms with E-state index in [0.29, 0.717) is 5.57 Å². The summed E-state index contributed by atoms with van der Waals surface area (Å²) in [5.41, 5.74) is -9.66. The third kappa shape index (κ3) is 5.33. The molecule has 2 heterocycles. The summed E-state index contributed by atoms with van der Waals surface area (Å²) in [6, 6.07) is 0. The van der Waals surface area contributed by atoms with E-state index in [-0.39, 0.29) is 19.3 Å². The maximum atomic E-state index is 13.9. The number of rotatable bonds is 7. The molecule has 56 heavy (non-hydrogen) atoms. The largest absolute Gasteiger partial charge is 0.467 e. The molecule has 0 bridgehead atoms. The van der Waals surface area contributed by atoms with Crippen molar-refractivity contribution in [2.45, 2.75) is 129 Å². The Morgan fingerprint density at radius 1 is 0.875 bits per heavy atom. The molecular formula is C40H52O16. The fourth-order valence-corrected chi connectivity index (χ4v) is 12.6. The first-order valence-electron chi connectivity index (χ1n) is 18.8. The van der Waals surface area contributed by atoms with Crippen molar-refractivity contribution in [3.05, 3.63) is 24.3 Å². The Morgan fingerprint density at radius 3 is 2.00 bits per heavy atom. The molecule has 0 radical (unpaired) electrons. The molecule has 16 nitrogen and oxygen atoms in total. The Kier molecular flexibility index (Phi) is 9.88. The van der Waals surface area contributed by atoms with Crippen molar-refractivity contribution in [3.63, 3.8) is 0 Å². The van der Waals surface area contributed by atoms with Gasteiger partial charge in [0.2, 0.25) is 5.60 Å². The predicted octanol–water partition coefficient (Wildman–Crippen LogP) is 2.45. The molecule has 1 saturated heterocycles. The monoisotopic (exact) mass is 788 g/mol. The Bertz CT molecular complexity index is 1800. The van der Waals surface area contributed by atoms with E-state index in [2.05, 4.69) is 6.58 Å². The van der Waals surface area contributed by atoms with Crippen LogP contribution in [-0.2, 0) is 71.5 Å². The number of methoxy groups -OCH3 is 1. The molecule has 6 aliphatic rings. The van der Waals surface area contributed by atoms with E-state index < -0.39 is 136 Å². The summed E-state index contributed by atoms with van der Waals surface area (Å²) in [7, 11) is 1.16. The van der Waals surface area contributed by atoms with Gasteiger partial charge in [-0.3, -0.25) is 24.0 Å². The number of carbonyl (C=O) groups is 7. The highest BCUT2D eigenvalue weighted by Crippen LogP contribution is 2.78. The highest BCUT2D eigenvalue weighted by molar-refractivity contribution is 5.87. The van der Waals surface area contributed by atoms with E-state index in [1.165, 1.54) is 26.8 Å². The van der Waals surface area contributed by atoms with Crippen LogP contribution in [0.15, 0.2) is 24.3 Å². The molecule has 5 fully saturated rings. The maximum Gasteiger partial charge on any atom is 0.342 e. The number of ether oxygens (including phenoxy) is 8. The quantitative estimate of drug-likeness (QED) is 0.170. The molecule has 0 amide bonds. The second-order valence-electron chi connectivity index (χ2n) is 17.1. The molecule has 0 spiro atoms. The van der Waals surface area contributed by atoms with Gasteiger partial charge in [-0.1, -0.05) is 26.5 Å². The van der Waals surface area contributed by atoms with Crippen molar-refractivity contribution in [2.75, 3.05) is 13.7 Å². The standard InChI is InChI=1S/C40H52O16/c1-18-16-39(48)26-14-15-35(8)25-12-13-27(46)50-17-38(25,19(2)51-20(3)41)31(53-22(5)43)28(52-21(4)42)29(35)36(26,9)32(54-23(6)44)33(55-24(7)45)37(39,10)40(30(18)56-40)34(47)49-11/h12-13,19,25-26,28-33,48H,1,14-17H2,2-11H3/t19-,25+,26-,28+,29+,30-,31+,32-,33+,35+,36+,37-,38?,39-,40+/m1/s1. The number of esters is 7. The van der Waals surface area contributed by atoms with Crippen LogP contribution in [-0.4, -0.2) is 108 Å². The molecule has 0 aromatic heterocycles. The minimum atomic E-state index is -2.01. The average molecular weight is 789 g/mol. The lowest BCUT2D eigenvalue weighted by molar-refractivity contribution is -0.357. The van der Waals surface area contributed by atoms with Gasteiger partial charge in [0.1, 0.15) is 31.0 Å². The molecule has 0 aromatic carbocycles. The third-order valence-corrected chi connectivity index (χ3v) is 14.4. The first kappa shape index (κ1) is 41.3. The molecule has 1 N–H and O–H groups in total. The molecule has 308 valence electrons. The van der Waals surface area contributed by atoms with E-state index in [1.54, 1.807) is 26.8 Å². The summed E-state index contributed by atoms with van der Waals surface area (Å²) in [6.07, 6.45) is -4.94. The molecule has 4 aliphatic carbocycles. The van der Waals surface area contributed by atoms with Crippen LogP contribution in [0.2, 0.25) is 0 Å². The number of aliphatic hydroxyl groups is 1. The van der Waals surface area contributed by atoms with Crippen LogP contribution in [0.5, 0.6) is 0 Å². The molecule has 16 heteroatoms. The lowest BCUT2D eigenvalue weighted by Gasteiger charge is -2.74. The van der Waals surface area contributed by atoms with E-state index >= 15 is 0 Å². The summed E-state index contributed by atoms with van der Waals surface area (Å²) in [5, 5.41) is 13.6. The van der Waals surface area contributed by atoms with Gasteiger partial charge in [-0.2, -0.15) is 0 Å². The number of hydrogen-bond donors (Lipinski definition) is 1.